The van der Waals surface area contributed by atoms with Crippen molar-refractivity contribution in [2.24, 2.45) is 5.92 Å². The Labute approximate surface area is 210 Å². The van der Waals surface area contributed by atoms with E-state index in [4.69, 9.17) is 22.3 Å². The minimum absolute atomic E-state index is 0.0270. The van der Waals surface area contributed by atoms with E-state index in [1.165, 1.54) is 50.7 Å². The topological polar surface area (TPSA) is 157 Å². The molecule has 36 heavy (non-hydrogen) atoms. The molecule has 1 amide bonds. The van der Waals surface area contributed by atoms with Crippen molar-refractivity contribution >= 4 is 34.8 Å². The molecule has 1 fully saturated rings. The van der Waals surface area contributed by atoms with E-state index in [0.717, 1.165) is 12.1 Å². The molecule has 11 nitrogen and oxygen atoms in total. The smallest absolute Gasteiger partial charge is 0.242 e. The fraction of sp³-hybridized carbons (Fsp3) is 0.375. The molecule has 12 heteroatoms. The summed E-state index contributed by atoms with van der Waals surface area (Å²) in [7, 11) is 0. The van der Waals surface area contributed by atoms with Crippen LogP contribution in [-0.4, -0.2) is 40.4 Å². The number of hydrogen-bond acceptors (Lipinski definition) is 8. The maximum atomic E-state index is 13.1. The van der Waals surface area contributed by atoms with Gasteiger partial charge in [0.05, 0.1) is 17.5 Å². The summed E-state index contributed by atoms with van der Waals surface area (Å²) in [5.41, 5.74) is 7.48. The van der Waals surface area contributed by atoms with Crippen LogP contribution in [0.4, 0.5) is 11.6 Å². The average molecular weight is 506 g/mol. The highest BCUT2D eigenvalue weighted by Gasteiger charge is 2.48. The van der Waals surface area contributed by atoms with Crippen LogP contribution in [-0.2, 0) is 16.6 Å². The molecule has 0 aromatic carbocycles. The number of pyridine rings is 1. The van der Waals surface area contributed by atoms with Gasteiger partial charge < -0.3 is 16.0 Å². The van der Waals surface area contributed by atoms with Crippen LogP contribution >= 0.6 is 11.6 Å². The number of aromatic nitrogens is 7. The molecule has 5 heterocycles. The number of nitrogens with one attached hydrogen (secondary N) is 2. The maximum Gasteiger partial charge on any atom is 0.242 e. The van der Waals surface area contributed by atoms with Crippen LogP contribution < -0.4 is 16.5 Å². The van der Waals surface area contributed by atoms with Crippen molar-refractivity contribution < 1.29 is 4.79 Å². The lowest BCUT2D eigenvalue weighted by Gasteiger charge is -2.23. The molecule has 1 atom stereocenters. The van der Waals surface area contributed by atoms with Crippen molar-refractivity contribution in [3.8, 4) is 11.5 Å². The first-order chi connectivity index (χ1) is 17.3. The Morgan fingerprint density at radius 2 is 2.00 bits per heavy atom. The van der Waals surface area contributed by atoms with Gasteiger partial charge in [0.15, 0.2) is 16.9 Å². The zero-order valence-electron chi connectivity index (χ0n) is 19.6. The number of H-pyrrole nitrogens is 1. The number of rotatable bonds is 4. The molecule has 0 saturated heterocycles. The molecule has 0 radical (unpaired) electrons. The van der Waals surface area contributed by atoms with E-state index in [1.54, 1.807) is 17.6 Å². The number of carbonyl (C=O) groups is 1. The molecule has 184 valence electrons. The number of amides is 1. The Hall–Kier alpha value is -3.86. The summed E-state index contributed by atoms with van der Waals surface area (Å²) in [6, 6.07) is 1.29. The largest absolute Gasteiger partial charge is 0.383 e. The van der Waals surface area contributed by atoms with E-state index in [-0.39, 0.29) is 28.4 Å². The number of carbonyl (C=O) groups excluding carboxylic acids is 1. The van der Waals surface area contributed by atoms with Gasteiger partial charge in [-0.1, -0.05) is 43.7 Å². The summed E-state index contributed by atoms with van der Waals surface area (Å²) in [5.74, 6) is 0.819. The number of aromatic amines is 1. The van der Waals surface area contributed by atoms with Gasteiger partial charge in [-0.3, -0.25) is 9.59 Å². The summed E-state index contributed by atoms with van der Waals surface area (Å²) < 4.78 is 1.68. The van der Waals surface area contributed by atoms with E-state index >= 15 is 0 Å². The Bertz CT molecular complexity index is 1570. The standard InChI is InChI=1S/C24H24ClN9O2/c1-24(17-8-16(35)13(25)9-27-17)18-19(26)31-20(32-21(18)33-23(24)36)15-10-34-22(28-11-29-34)14(30-15)7-12-5-3-2-4-6-12/h8-12H,2-7H2,1H3,(H,27,35)(H3,26,31,32,33,36). The fourth-order valence-corrected chi connectivity index (χ4v) is 5.43. The predicted molar refractivity (Wildman–Crippen MR) is 134 cm³/mol. The maximum absolute atomic E-state index is 13.1. The van der Waals surface area contributed by atoms with Gasteiger partial charge in [-0.15, -0.1) is 0 Å². The Morgan fingerprint density at radius 1 is 1.19 bits per heavy atom. The molecular weight excluding hydrogens is 482 g/mol. The number of hydrogen-bond donors (Lipinski definition) is 3. The summed E-state index contributed by atoms with van der Waals surface area (Å²) >= 11 is 5.88. The molecule has 0 bridgehead atoms. The van der Waals surface area contributed by atoms with E-state index < -0.39 is 10.8 Å². The summed E-state index contributed by atoms with van der Waals surface area (Å²) in [5, 5.41) is 7.13. The molecule has 2 aliphatic rings. The second kappa shape index (κ2) is 8.37. The van der Waals surface area contributed by atoms with Gasteiger partial charge in [-0.2, -0.15) is 5.10 Å². The van der Waals surface area contributed by atoms with Gasteiger partial charge in [-0.05, 0) is 19.3 Å². The van der Waals surface area contributed by atoms with Crippen LogP contribution in [0.3, 0.4) is 0 Å². The van der Waals surface area contributed by atoms with E-state index in [0.29, 0.717) is 28.5 Å². The highest BCUT2D eigenvalue weighted by Crippen LogP contribution is 2.44. The van der Waals surface area contributed by atoms with E-state index in [9.17, 15) is 9.59 Å². The normalized spacial score (nSPS) is 20.0. The highest BCUT2D eigenvalue weighted by molar-refractivity contribution is 6.30. The summed E-state index contributed by atoms with van der Waals surface area (Å²) in [6.07, 6.45) is 11.5. The number of fused-ring (bicyclic) bond motifs is 2. The van der Waals surface area contributed by atoms with Crippen LogP contribution in [0.2, 0.25) is 5.02 Å². The van der Waals surface area contributed by atoms with Crippen molar-refractivity contribution in [2.45, 2.75) is 50.9 Å². The van der Waals surface area contributed by atoms with Crippen LogP contribution in [0.15, 0.2) is 29.6 Å². The van der Waals surface area contributed by atoms with Crippen molar-refractivity contribution in [3.63, 3.8) is 0 Å². The first-order valence-corrected chi connectivity index (χ1v) is 12.3. The number of nitrogen functional groups attached to an aromatic ring is 1. The third-order valence-corrected chi connectivity index (χ3v) is 7.59. The first-order valence-electron chi connectivity index (χ1n) is 11.9. The van der Waals surface area contributed by atoms with Crippen LogP contribution in [0, 0.1) is 5.92 Å². The zero-order chi connectivity index (χ0) is 25.0. The highest BCUT2D eigenvalue weighted by atomic mass is 35.5. The monoisotopic (exact) mass is 505 g/mol. The van der Waals surface area contributed by atoms with E-state index in [2.05, 4.69) is 30.4 Å². The molecule has 1 unspecified atom stereocenters. The van der Waals surface area contributed by atoms with Crippen LogP contribution in [0.25, 0.3) is 17.2 Å². The zero-order valence-corrected chi connectivity index (χ0v) is 20.3. The van der Waals surface area contributed by atoms with Gasteiger partial charge in [0.25, 0.3) is 0 Å². The van der Waals surface area contributed by atoms with Crippen molar-refractivity contribution in [3.05, 3.63) is 57.0 Å². The van der Waals surface area contributed by atoms with Gasteiger partial charge in [0.1, 0.15) is 34.1 Å². The lowest BCUT2D eigenvalue weighted by atomic mass is 9.81. The third-order valence-electron chi connectivity index (χ3n) is 7.29. The van der Waals surface area contributed by atoms with Crippen LogP contribution in [0.1, 0.15) is 56.0 Å². The Kier molecular flexibility index (Phi) is 5.25. The average Bonchev–Trinajstić information content (AvgIpc) is 3.44. The van der Waals surface area contributed by atoms with Crippen molar-refractivity contribution in [1.82, 2.24) is 34.5 Å². The SMILES string of the molecule is CC1(c2cc(=O)c(Cl)c[nH]2)C(=O)Nc2nc(-c3cn4ncnc4c(CC4CCCCC4)n3)nc(N)c21. The minimum atomic E-state index is -1.29. The molecule has 4 aromatic heterocycles. The van der Waals surface area contributed by atoms with Crippen LogP contribution in [0.5, 0.6) is 0 Å². The molecule has 1 aliphatic heterocycles. The second-order valence-electron chi connectivity index (χ2n) is 9.60. The van der Waals surface area contributed by atoms with Gasteiger partial charge in [-0.25, -0.2) is 24.5 Å². The Morgan fingerprint density at radius 3 is 2.78 bits per heavy atom. The fourth-order valence-electron chi connectivity index (χ4n) is 5.32. The van der Waals surface area contributed by atoms with Crippen molar-refractivity contribution in [1.29, 1.82) is 0 Å². The summed E-state index contributed by atoms with van der Waals surface area (Å²) in [6.45, 7) is 1.66. The molecule has 1 saturated carbocycles. The molecular formula is C24H24ClN9O2. The van der Waals surface area contributed by atoms with Gasteiger partial charge in [0, 0.05) is 18.0 Å². The van der Waals surface area contributed by atoms with Crippen molar-refractivity contribution in [2.75, 3.05) is 11.1 Å². The third kappa shape index (κ3) is 3.53. The molecule has 4 aromatic rings. The molecule has 1 aliphatic carbocycles. The predicted octanol–water partition coefficient (Wildman–Crippen LogP) is 2.89. The molecule has 0 spiro atoms. The first kappa shape index (κ1) is 22.6. The summed E-state index contributed by atoms with van der Waals surface area (Å²) in [4.78, 5) is 46.6. The number of nitrogens with two attached hydrogens (primary N) is 1. The number of nitrogens with zero attached hydrogens (tertiary/aromatic N) is 6. The lowest BCUT2D eigenvalue weighted by Crippen LogP contribution is -2.34. The molecule has 6 rings (SSSR count). The number of halogens is 1. The minimum Gasteiger partial charge on any atom is -0.383 e. The van der Waals surface area contributed by atoms with E-state index in [1.807, 2.05) is 0 Å². The van der Waals surface area contributed by atoms with Gasteiger partial charge in [0.2, 0.25) is 5.91 Å². The second-order valence-corrected chi connectivity index (χ2v) is 10.0. The Balaban J connectivity index is 1.44. The lowest BCUT2D eigenvalue weighted by molar-refractivity contribution is -0.119. The number of anilines is 2. The quantitative estimate of drug-likeness (QED) is 0.382. The molecule has 4 N–H and O–H groups in total. The van der Waals surface area contributed by atoms with Gasteiger partial charge >= 0.3 is 0 Å².